The molecule has 0 aromatic heterocycles. The van der Waals surface area contributed by atoms with Crippen molar-refractivity contribution >= 4 is 44.4 Å². The fourth-order valence-electron chi connectivity index (χ4n) is 0.231. The summed E-state index contributed by atoms with van der Waals surface area (Å²) in [7, 11) is 0. The van der Waals surface area contributed by atoms with E-state index in [0.29, 0.717) is 0 Å². The maximum absolute atomic E-state index is 5.40. The molecule has 4 heteroatoms. The van der Waals surface area contributed by atoms with Crippen molar-refractivity contribution in [1.29, 1.82) is 0 Å². The third-order valence-electron chi connectivity index (χ3n) is 0.556. The lowest BCUT2D eigenvalue weighted by atomic mass is 10.00. The first-order chi connectivity index (χ1) is 3.27. The Morgan fingerprint density at radius 2 is 2.00 bits per heavy atom. The Labute approximate surface area is 62.6 Å². The van der Waals surface area contributed by atoms with Crippen molar-refractivity contribution in [1.82, 2.24) is 0 Å². The molecule has 0 heterocycles. The molecule has 0 amide bonds. The lowest BCUT2D eigenvalue weighted by molar-refractivity contribution is 1.11. The lowest BCUT2D eigenvalue weighted by Crippen LogP contribution is -1.90. The Bertz CT molecular complexity index is 41.9. The van der Waals surface area contributed by atoms with Crippen LogP contribution in [-0.4, -0.2) is 10.9 Å². The summed E-state index contributed by atoms with van der Waals surface area (Å²) >= 11 is 14.1. The van der Waals surface area contributed by atoms with Crippen LogP contribution >= 0.6 is 38.9 Å². The number of rotatable bonds is 3. The molecule has 0 aromatic rings. The highest BCUT2D eigenvalue weighted by molar-refractivity contribution is 9.09. The zero-order chi connectivity index (χ0) is 5.70. The van der Waals surface area contributed by atoms with Crippen LogP contribution in [0.4, 0.5) is 0 Å². The molecule has 0 N–H and O–H groups in total. The Kier molecular flexibility index (Phi) is 6.11. The topological polar surface area (TPSA) is 0 Å². The van der Waals surface area contributed by atoms with E-state index in [9.17, 15) is 0 Å². The molecule has 0 rings (SSSR count). The van der Waals surface area contributed by atoms with Gasteiger partial charge in [0.25, 0.3) is 0 Å². The van der Waals surface area contributed by atoms with Crippen molar-refractivity contribution in [3.8, 4) is 0 Å². The second kappa shape index (κ2) is 5.27. The highest BCUT2D eigenvalue weighted by Gasteiger charge is 2.01. The van der Waals surface area contributed by atoms with Crippen molar-refractivity contribution in [2.75, 3.05) is 5.33 Å². The molecule has 0 atom stereocenters. The van der Waals surface area contributed by atoms with E-state index in [2.05, 4.69) is 15.9 Å². The third kappa shape index (κ3) is 7.12. The van der Waals surface area contributed by atoms with Gasteiger partial charge in [-0.3, -0.25) is 0 Å². The summed E-state index contributed by atoms with van der Waals surface area (Å²) in [6.07, 6.45) is 1.94. The Morgan fingerprint density at radius 1 is 1.43 bits per heavy atom. The Hall–Kier alpha value is 1.12. The lowest BCUT2D eigenvalue weighted by Gasteiger charge is -1.89. The zero-order valence-corrected chi connectivity index (χ0v) is 6.93. The van der Waals surface area contributed by atoms with Crippen LogP contribution in [0.2, 0.25) is 6.32 Å². The summed E-state index contributed by atoms with van der Waals surface area (Å²) in [6, 6.07) is 0. The summed E-state index contributed by atoms with van der Waals surface area (Å²) in [6.45, 7) is 0. The van der Waals surface area contributed by atoms with Crippen LogP contribution in [0.1, 0.15) is 6.42 Å². The molecule has 0 aliphatic carbocycles. The number of hydrogen-bond donors (Lipinski definition) is 0. The van der Waals surface area contributed by atoms with E-state index in [1.807, 2.05) is 0 Å². The van der Waals surface area contributed by atoms with E-state index in [4.69, 9.17) is 22.9 Å². The highest BCUT2D eigenvalue weighted by Crippen LogP contribution is 2.06. The van der Waals surface area contributed by atoms with Crippen LogP contribution in [0.5, 0.6) is 0 Å². The molecule has 0 fully saturated rings. The van der Waals surface area contributed by atoms with Crippen molar-refractivity contribution in [3.63, 3.8) is 0 Å². The van der Waals surface area contributed by atoms with Gasteiger partial charge in [-0.25, -0.2) is 0 Å². The van der Waals surface area contributed by atoms with Gasteiger partial charge in [0.15, 0.2) is 0 Å². The van der Waals surface area contributed by atoms with Gasteiger partial charge in [-0.1, -0.05) is 15.9 Å². The molecule has 0 unspecified atom stereocenters. The normalized spacial score (nSPS) is 9.00. The summed E-state index contributed by atoms with van der Waals surface area (Å²) in [5.74, 6) is 0. The minimum atomic E-state index is -0.183. The van der Waals surface area contributed by atoms with Crippen LogP contribution < -0.4 is 0 Å². The van der Waals surface area contributed by atoms with Crippen molar-refractivity contribution in [2.24, 2.45) is 0 Å². The predicted octanol–water partition coefficient (Wildman–Crippen LogP) is 2.74. The molecule has 7 heavy (non-hydrogen) atoms. The minimum Gasteiger partial charge on any atom is -0.172 e. The molecule has 0 saturated heterocycles. The molecule has 0 bridgehead atoms. The summed E-state index contributed by atoms with van der Waals surface area (Å²) < 4.78 is 0. The first-order valence-corrected chi connectivity index (χ1v) is 4.11. The first kappa shape index (κ1) is 8.12. The maximum atomic E-state index is 5.40. The highest BCUT2D eigenvalue weighted by atomic mass is 79.9. The smallest absolute Gasteiger partial charge is 0.172 e. The van der Waals surface area contributed by atoms with Crippen LogP contribution in [0.15, 0.2) is 0 Å². The van der Waals surface area contributed by atoms with Gasteiger partial charge in [-0.15, -0.1) is 0 Å². The predicted molar refractivity (Wildman–Crippen MR) is 40.7 cm³/mol. The molecule has 0 nitrogen and oxygen atoms in total. The fraction of sp³-hybridized carbons (Fsp3) is 1.00. The SMILES string of the molecule is ClB(Cl)CCCBr. The van der Waals surface area contributed by atoms with Crippen LogP contribution in [0.25, 0.3) is 0 Å². The van der Waals surface area contributed by atoms with Gasteiger partial charge in [0.1, 0.15) is 0 Å². The Morgan fingerprint density at radius 3 is 2.14 bits per heavy atom. The number of hydrogen-bond acceptors (Lipinski definition) is 0. The Balaban J connectivity index is 2.68. The van der Waals surface area contributed by atoms with Crippen molar-refractivity contribution in [2.45, 2.75) is 12.7 Å². The van der Waals surface area contributed by atoms with Gasteiger partial charge in [-0.2, -0.15) is 22.9 Å². The standard InChI is InChI=1S/C3H6BBrCl2/c5-3-1-2-4(6)7/h1-3H2. The van der Waals surface area contributed by atoms with E-state index >= 15 is 0 Å². The summed E-state index contributed by atoms with van der Waals surface area (Å²) in [5, 5.41) is 0.989. The molecule has 0 aromatic carbocycles. The van der Waals surface area contributed by atoms with Gasteiger partial charge in [-0.05, 0) is 12.7 Å². The average Bonchev–Trinajstić information content (AvgIpc) is 1.61. The van der Waals surface area contributed by atoms with Gasteiger partial charge < -0.3 is 0 Å². The third-order valence-corrected chi connectivity index (χ3v) is 1.55. The molecule has 0 saturated carbocycles. The summed E-state index contributed by atoms with van der Waals surface area (Å²) in [4.78, 5) is 0. The fourth-order valence-corrected chi connectivity index (χ4v) is 0.864. The van der Waals surface area contributed by atoms with Gasteiger partial charge in [0, 0.05) is 5.33 Å². The zero-order valence-electron chi connectivity index (χ0n) is 3.83. The van der Waals surface area contributed by atoms with Crippen LogP contribution in [0.3, 0.4) is 0 Å². The van der Waals surface area contributed by atoms with Crippen molar-refractivity contribution in [3.05, 3.63) is 0 Å². The quantitative estimate of drug-likeness (QED) is 0.489. The van der Waals surface area contributed by atoms with Crippen LogP contribution in [0, 0.1) is 0 Å². The van der Waals surface area contributed by atoms with Crippen molar-refractivity contribution < 1.29 is 0 Å². The average molecular weight is 204 g/mol. The second-order valence-electron chi connectivity index (χ2n) is 1.22. The van der Waals surface area contributed by atoms with Crippen LogP contribution in [-0.2, 0) is 0 Å². The number of alkyl halides is 1. The molecular formula is C3H6BBrCl2. The van der Waals surface area contributed by atoms with E-state index in [0.717, 1.165) is 18.1 Å². The number of halogens is 3. The minimum absolute atomic E-state index is 0.183. The largest absolute Gasteiger partial charge is 0.351 e. The molecule has 0 radical (unpaired) electrons. The second-order valence-corrected chi connectivity index (χ2v) is 3.29. The van der Waals surface area contributed by atoms with E-state index in [1.165, 1.54) is 0 Å². The van der Waals surface area contributed by atoms with Gasteiger partial charge in [0.05, 0.1) is 0 Å². The van der Waals surface area contributed by atoms with E-state index in [-0.39, 0.29) is 5.54 Å². The van der Waals surface area contributed by atoms with E-state index < -0.39 is 0 Å². The maximum Gasteiger partial charge on any atom is 0.351 e. The monoisotopic (exact) mass is 202 g/mol. The molecule has 0 aliphatic heterocycles. The first-order valence-electron chi connectivity index (χ1n) is 2.11. The molecule has 42 valence electrons. The molecule has 0 spiro atoms. The van der Waals surface area contributed by atoms with Gasteiger partial charge in [0.2, 0.25) is 0 Å². The van der Waals surface area contributed by atoms with E-state index in [1.54, 1.807) is 0 Å². The molecule has 0 aliphatic rings. The molecular weight excluding hydrogens is 198 g/mol. The van der Waals surface area contributed by atoms with Gasteiger partial charge >= 0.3 is 5.54 Å². The summed E-state index contributed by atoms with van der Waals surface area (Å²) in [5.41, 5.74) is -0.183.